The highest BCUT2D eigenvalue weighted by Gasteiger charge is 2.16. The summed E-state index contributed by atoms with van der Waals surface area (Å²) in [6, 6.07) is 68.7. The molecule has 0 amide bonds. The monoisotopic (exact) mass is 664 g/mol. The Morgan fingerprint density at radius 3 is 1.50 bits per heavy atom. The van der Waals surface area contributed by atoms with Gasteiger partial charge in [0.25, 0.3) is 0 Å². The Balaban J connectivity index is 1.04. The Kier molecular flexibility index (Phi) is 7.14. The van der Waals surface area contributed by atoms with E-state index in [9.17, 15) is 0 Å². The molecule has 0 N–H and O–H groups in total. The maximum Gasteiger partial charge on any atom is 0.227 e. The first-order valence-electron chi connectivity index (χ1n) is 17.6. The van der Waals surface area contributed by atoms with Crippen LogP contribution in [0.4, 0.5) is 17.1 Å². The van der Waals surface area contributed by atoms with Crippen molar-refractivity contribution >= 4 is 60.5 Å². The number of hydrogen-bond donors (Lipinski definition) is 0. The van der Waals surface area contributed by atoms with Crippen molar-refractivity contribution in [1.82, 2.24) is 4.98 Å². The van der Waals surface area contributed by atoms with Gasteiger partial charge in [0.2, 0.25) is 5.89 Å². The molecule has 0 spiro atoms. The number of nitrogens with zero attached hydrogens (tertiary/aromatic N) is 2. The average molecular weight is 665 g/mol. The molecule has 0 radical (unpaired) electrons. The second kappa shape index (κ2) is 12.4. The summed E-state index contributed by atoms with van der Waals surface area (Å²) in [5.41, 5.74) is 10.7. The van der Waals surface area contributed by atoms with Gasteiger partial charge in [-0.15, -0.1) is 0 Å². The third kappa shape index (κ3) is 5.19. The molecule has 0 aliphatic carbocycles. The molecule has 10 rings (SSSR count). The normalized spacial score (nSPS) is 11.5. The van der Waals surface area contributed by atoms with Gasteiger partial charge in [-0.2, -0.15) is 0 Å². The van der Waals surface area contributed by atoms with Crippen molar-refractivity contribution in [3.63, 3.8) is 0 Å². The van der Waals surface area contributed by atoms with Gasteiger partial charge in [0.1, 0.15) is 5.52 Å². The molecule has 3 heteroatoms. The smallest absolute Gasteiger partial charge is 0.227 e. The lowest BCUT2D eigenvalue weighted by atomic mass is 9.94. The van der Waals surface area contributed by atoms with Gasteiger partial charge >= 0.3 is 0 Å². The molecule has 0 aliphatic heterocycles. The number of oxazole rings is 1. The zero-order chi connectivity index (χ0) is 34.4. The van der Waals surface area contributed by atoms with E-state index in [1.54, 1.807) is 0 Å². The molecule has 1 aromatic heterocycles. The average Bonchev–Trinajstić information content (AvgIpc) is 3.67. The molecule has 0 unspecified atom stereocenters. The fourth-order valence-corrected chi connectivity index (χ4v) is 7.49. The second-order valence-electron chi connectivity index (χ2n) is 13.2. The summed E-state index contributed by atoms with van der Waals surface area (Å²) in [5, 5.41) is 6.99. The lowest BCUT2D eigenvalue weighted by Crippen LogP contribution is -2.09. The highest BCUT2D eigenvalue weighted by molar-refractivity contribution is 6.26. The summed E-state index contributed by atoms with van der Waals surface area (Å²) >= 11 is 0. The quantitative estimate of drug-likeness (QED) is 0.166. The van der Waals surface area contributed by atoms with Gasteiger partial charge in [0.15, 0.2) is 5.58 Å². The van der Waals surface area contributed by atoms with Crippen molar-refractivity contribution < 1.29 is 4.42 Å². The number of anilines is 3. The predicted molar refractivity (Wildman–Crippen MR) is 218 cm³/mol. The van der Waals surface area contributed by atoms with E-state index in [1.807, 2.05) is 30.3 Å². The van der Waals surface area contributed by atoms with Crippen molar-refractivity contribution in [2.45, 2.75) is 0 Å². The van der Waals surface area contributed by atoms with Gasteiger partial charge in [0, 0.05) is 33.4 Å². The lowest BCUT2D eigenvalue weighted by Gasteiger charge is -2.26. The van der Waals surface area contributed by atoms with Gasteiger partial charge in [-0.1, -0.05) is 133 Å². The maximum absolute atomic E-state index is 6.52. The van der Waals surface area contributed by atoms with E-state index in [2.05, 4.69) is 169 Å². The van der Waals surface area contributed by atoms with Gasteiger partial charge in [-0.25, -0.2) is 4.98 Å². The number of hydrogen-bond acceptors (Lipinski definition) is 3. The number of aromatic nitrogens is 1. The number of rotatable bonds is 6. The van der Waals surface area contributed by atoms with Crippen LogP contribution in [0.2, 0.25) is 0 Å². The molecule has 0 aliphatic rings. The van der Waals surface area contributed by atoms with Crippen LogP contribution in [0.25, 0.3) is 77.1 Å². The molecule has 52 heavy (non-hydrogen) atoms. The second-order valence-corrected chi connectivity index (χ2v) is 13.2. The minimum atomic E-state index is 0.640. The third-order valence-electron chi connectivity index (χ3n) is 10.1. The molecule has 0 bridgehead atoms. The highest BCUT2D eigenvalue weighted by Crippen LogP contribution is 2.40. The van der Waals surface area contributed by atoms with Gasteiger partial charge in [0.05, 0.1) is 0 Å². The summed E-state index contributed by atoms with van der Waals surface area (Å²) in [4.78, 5) is 7.19. The Morgan fingerprint density at radius 1 is 0.365 bits per heavy atom. The topological polar surface area (TPSA) is 29.3 Å². The first-order chi connectivity index (χ1) is 25.8. The predicted octanol–water partition coefficient (Wildman–Crippen LogP) is 13.8. The SMILES string of the molecule is c1ccc(-c2ccc(N(c3ccccc3)c3ccc(-c4ccc5c(ccc6ccc7ccc8nc(-c9ccccc9)oc8c7c65)c4)cc3)cc2)cc1. The summed E-state index contributed by atoms with van der Waals surface area (Å²) < 4.78 is 6.52. The van der Waals surface area contributed by atoms with Crippen LogP contribution >= 0.6 is 0 Å². The Labute approximate surface area is 301 Å². The van der Waals surface area contributed by atoms with Crippen molar-refractivity contribution in [2.75, 3.05) is 4.90 Å². The minimum absolute atomic E-state index is 0.640. The molecular weight excluding hydrogens is 633 g/mol. The largest absolute Gasteiger partial charge is 0.435 e. The van der Waals surface area contributed by atoms with Gasteiger partial charge in [-0.3, -0.25) is 0 Å². The molecule has 0 atom stereocenters. The van der Waals surface area contributed by atoms with Gasteiger partial charge < -0.3 is 9.32 Å². The summed E-state index contributed by atoms with van der Waals surface area (Å²) in [7, 11) is 0. The molecule has 0 fully saturated rings. The molecule has 0 saturated heterocycles. The molecule has 0 saturated carbocycles. The van der Waals surface area contributed by atoms with E-state index in [4.69, 9.17) is 9.40 Å². The first kappa shape index (κ1) is 29.9. The van der Waals surface area contributed by atoms with E-state index >= 15 is 0 Å². The maximum atomic E-state index is 6.52. The molecule has 10 aromatic rings. The fraction of sp³-hybridized carbons (Fsp3) is 0. The summed E-state index contributed by atoms with van der Waals surface area (Å²) in [5.74, 6) is 0.640. The molecular formula is C49H32N2O. The standard InChI is InChI=1S/C49H32N2O/c1-4-10-33(11-5-1)34-20-26-42(27-21-34)51(41-14-8-3-9-15-41)43-28-22-35(23-29-43)39-24-30-44-40(32-39)19-18-36-16-17-37-25-31-45-48(47(37)46(36)44)52-49(50-45)38-12-6-2-7-13-38/h1-32H. The minimum Gasteiger partial charge on any atom is -0.435 e. The summed E-state index contributed by atoms with van der Waals surface area (Å²) in [6.07, 6.45) is 0. The van der Waals surface area contributed by atoms with Crippen molar-refractivity contribution in [1.29, 1.82) is 0 Å². The number of fused-ring (bicyclic) bond motifs is 7. The molecule has 244 valence electrons. The van der Waals surface area contributed by atoms with Crippen LogP contribution in [0.3, 0.4) is 0 Å². The first-order valence-corrected chi connectivity index (χ1v) is 17.6. The summed E-state index contributed by atoms with van der Waals surface area (Å²) in [6.45, 7) is 0. The number of para-hydroxylation sites is 1. The van der Waals surface area contributed by atoms with Crippen LogP contribution in [-0.2, 0) is 0 Å². The Bertz CT molecular complexity index is 2860. The zero-order valence-corrected chi connectivity index (χ0v) is 28.3. The van der Waals surface area contributed by atoms with E-state index in [-0.39, 0.29) is 0 Å². The Morgan fingerprint density at radius 2 is 0.846 bits per heavy atom. The molecule has 1 heterocycles. The molecule has 3 nitrogen and oxygen atoms in total. The van der Waals surface area contributed by atoms with Crippen LogP contribution < -0.4 is 4.90 Å². The zero-order valence-electron chi connectivity index (χ0n) is 28.3. The van der Waals surface area contributed by atoms with E-state index in [0.29, 0.717) is 5.89 Å². The van der Waals surface area contributed by atoms with Crippen LogP contribution in [-0.4, -0.2) is 4.98 Å². The van der Waals surface area contributed by atoms with Crippen LogP contribution in [0, 0.1) is 0 Å². The van der Waals surface area contributed by atoms with E-state index < -0.39 is 0 Å². The van der Waals surface area contributed by atoms with Crippen LogP contribution in [0.15, 0.2) is 199 Å². The van der Waals surface area contributed by atoms with E-state index in [1.165, 1.54) is 43.8 Å². The van der Waals surface area contributed by atoms with E-state index in [0.717, 1.165) is 44.5 Å². The fourth-order valence-electron chi connectivity index (χ4n) is 7.49. The third-order valence-corrected chi connectivity index (χ3v) is 10.1. The van der Waals surface area contributed by atoms with Crippen molar-refractivity contribution in [3.8, 4) is 33.7 Å². The molecule has 9 aromatic carbocycles. The lowest BCUT2D eigenvalue weighted by molar-refractivity contribution is 0.623. The highest BCUT2D eigenvalue weighted by atomic mass is 16.3. The van der Waals surface area contributed by atoms with Gasteiger partial charge in [-0.05, 0) is 104 Å². The van der Waals surface area contributed by atoms with Crippen molar-refractivity contribution in [3.05, 3.63) is 194 Å². The van der Waals surface area contributed by atoms with Crippen LogP contribution in [0.1, 0.15) is 0 Å². The number of benzene rings is 9. The van der Waals surface area contributed by atoms with Crippen molar-refractivity contribution in [2.24, 2.45) is 0 Å². The van der Waals surface area contributed by atoms with Crippen LogP contribution in [0.5, 0.6) is 0 Å². The Hall–Kier alpha value is -6.97.